The number of amides is 1. The van der Waals surface area contributed by atoms with Gasteiger partial charge in [-0.15, -0.1) is 13.2 Å². The summed E-state index contributed by atoms with van der Waals surface area (Å²) in [6.07, 6.45) is 9.32. The van der Waals surface area contributed by atoms with E-state index < -0.39 is 0 Å². The molecule has 0 unspecified atom stereocenters. The van der Waals surface area contributed by atoms with E-state index in [1.165, 1.54) is 0 Å². The minimum absolute atomic E-state index is 0.0718. The maximum absolute atomic E-state index is 12.3. The Morgan fingerprint density at radius 2 is 2.06 bits per heavy atom. The molecule has 0 saturated carbocycles. The second-order valence-electron chi connectivity index (χ2n) is 4.64. The largest absolute Gasteiger partial charge is 0.319 e. The standard InChI is InChI=1S/C15H21NO2/c1-4-6-13-9-11-16(10-8-12(3)17)15(18)14(13)7-5-2/h4-5,9,11,13-14H,1-2,6-8,10H2,3H3/t13-,14+/m0/s1. The Balaban J connectivity index is 2.76. The monoisotopic (exact) mass is 247 g/mol. The van der Waals surface area contributed by atoms with Crippen LogP contribution in [-0.2, 0) is 9.59 Å². The van der Waals surface area contributed by atoms with Crippen LogP contribution in [-0.4, -0.2) is 23.1 Å². The first-order valence-corrected chi connectivity index (χ1v) is 6.30. The Morgan fingerprint density at radius 1 is 1.39 bits per heavy atom. The first kappa shape index (κ1) is 14.4. The topological polar surface area (TPSA) is 37.4 Å². The third-order valence-electron chi connectivity index (χ3n) is 3.19. The Morgan fingerprint density at radius 3 is 2.61 bits per heavy atom. The Bertz CT molecular complexity index is 371. The fourth-order valence-corrected chi connectivity index (χ4v) is 2.17. The lowest BCUT2D eigenvalue weighted by Crippen LogP contribution is -2.39. The van der Waals surface area contributed by atoms with E-state index in [-0.39, 0.29) is 23.5 Å². The van der Waals surface area contributed by atoms with Gasteiger partial charge >= 0.3 is 0 Å². The van der Waals surface area contributed by atoms with Crippen LogP contribution in [0.2, 0.25) is 0 Å². The smallest absolute Gasteiger partial charge is 0.230 e. The number of rotatable bonds is 7. The molecule has 0 aromatic heterocycles. The Kier molecular flexibility index (Phi) is 5.56. The van der Waals surface area contributed by atoms with E-state index in [4.69, 9.17) is 0 Å². The zero-order chi connectivity index (χ0) is 13.5. The van der Waals surface area contributed by atoms with Crippen molar-refractivity contribution in [1.29, 1.82) is 0 Å². The van der Waals surface area contributed by atoms with E-state index in [9.17, 15) is 9.59 Å². The van der Waals surface area contributed by atoms with Gasteiger partial charge in [0.05, 0.1) is 0 Å². The molecule has 0 radical (unpaired) electrons. The molecule has 3 nitrogen and oxygen atoms in total. The van der Waals surface area contributed by atoms with Crippen LogP contribution in [0.5, 0.6) is 0 Å². The Hall–Kier alpha value is -1.64. The number of allylic oxidation sites excluding steroid dienone is 3. The molecule has 18 heavy (non-hydrogen) atoms. The highest BCUT2D eigenvalue weighted by Gasteiger charge is 2.31. The molecule has 2 atom stereocenters. The number of nitrogens with zero attached hydrogens (tertiary/aromatic N) is 1. The fraction of sp³-hybridized carbons (Fsp3) is 0.467. The third-order valence-corrected chi connectivity index (χ3v) is 3.19. The summed E-state index contributed by atoms with van der Waals surface area (Å²) in [6, 6.07) is 0. The van der Waals surface area contributed by atoms with Gasteiger partial charge in [-0.05, 0) is 25.7 Å². The molecule has 0 aromatic carbocycles. The van der Waals surface area contributed by atoms with Gasteiger partial charge in [-0.2, -0.15) is 0 Å². The van der Waals surface area contributed by atoms with Crippen molar-refractivity contribution in [2.75, 3.05) is 6.54 Å². The second kappa shape index (κ2) is 6.94. The highest BCUT2D eigenvalue weighted by molar-refractivity contribution is 5.82. The molecule has 0 fully saturated rings. The van der Waals surface area contributed by atoms with Gasteiger partial charge < -0.3 is 4.90 Å². The van der Waals surface area contributed by atoms with Crippen LogP contribution in [0.3, 0.4) is 0 Å². The van der Waals surface area contributed by atoms with Crippen molar-refractivity contribution >= 4 is 11.7 Å². The van der Waals surface area contributed by atoms with Gasteiger partial charge in [0, 0.05) is 25.1 Å². The van der Waals surface area contributed by atoms with E-state index in [0.717, 1.165) is 6.42 Å². The predicted molar refractivity (Wildman–Crippen MR) is 72.8 cm³/mol. The molecule has 0 N–H and O–H groups in total. The summed E-state index contributed by atoms with van der Waals surface area (Å²) in [5, 5.41) is 0. The molecular formula is C15H21NO2. The number of hydrogen-bond donors (Lipinski definition) is 0. The molecule has 1 rings (SSSR count). The number of hydrogen-bond acceptors (Lipinski definition) is 2. The maximum atomic E-state index is 12.3. The van der Waals surface area contributed by atoms with Gasteiger partial charge in [-0.25, -0.2) is 0 Å². The lowest BCUT2D eigenvalue weighted by molar-refractivity contribution is -0.135. The van der Waals surface area contributed by atoms with E-state index in [2.05, 4.69) is 13.2 Å². The van der Waals surface area contributed by atoms with E-state index in [1.807, 2.05) is 12.2 Å². The molecule has 0 aromatic rings. The highest BCUT2D eigenvalue weighted by atomic mass is 16.2. The second-order valence-corrected chi connectivity index (χ2v) is 4.64. The van der Waals surface area contributed by atoms with E-state index >= 15 is 0 Å². The average Bonchev–Trinajstić information content (AvgIpc) is 2.33. The van der Waals surface area contributed by atoms with Crippen molar-refractivity contribution in [1.82, 2.24) is 4.90 Å². The van der Waals surface area contributed by atoms with Crippen LogP contribution in [0, 0.1) is 11.8 Å². The molecule has 0 spiro atoms. The quantitative estimate of drug-likeness (QED) is 0.649. The molecular weight excluding hydrogens is 226 g/mol. The molecule has 98 valence electrons. The molecule has 0 bridgehead atoms. The highest BCUT2D eigenvalue weighted by Crippen LogP contribution is 2.28. The summed E-state index contributed by atoms with van der Waals surface area (Å²) in [4.78, 5) is 24.9. The van der Waals surface area contributed by atoms with Crippen molar-refractivity contribution in [3.8, 4) is 0 Å². The summed E-state index contributed by atoms with van der Waals surface area (Å²) in [7, 11) is 0. The molecule has 1 aliphatic rings. The minimum Gasteiger partial charge on any atom is -0.319 e. The number of carbonyl (C=O) groups excluding carboxylic acids is 2. The van der Waals surface area contributed by atoms with Crippen LogP contribution in [0.15, 0.2) is 37.6 Å². The summed E-state index contributed by atoms with van der Waals surface area (Å²) in [5.41, 5.74) is 0. The molecule has 0 aliphatic carbocycles. The van der Waals surface area contributed by atoms with Crippen LogP contribution in [0.1, 0.15) is 26.2 Å². The molecule has 1 heterocycles. The maximum Gasteiger partial charge on any atom is 0.230 e. The van der Waals surface area contributed by atoms with Gasteiger partial charge in [0.2, 0.25) is 5.91 Å². The summed E-state index contributed by atoms with van der Waals surface area (Å²) in [5.74, 6) is 0.314. The van der Waals surface area contributed by atoms with Gasteiger partial charge in [-0.3, -0.25) is 9.59 Å². The first-order valence-electron chi connectivity index (χ1n) is 6.30. The van der Waals surface area contributed by atoms with Crippen molar-refractivity contribution in [2.24, 2.45) is 11.8 Å². The first-order chi connectivity index (χ1) is 8.60. The van der Waals surface area contributed by atoms with Gasteiger partial charge in [0.1, 0.15) is 5.78 Å². The van der Waals surface area contributed by atoms with Crippen molar-refractivity contribution in [3.63, 3.8) is 0 Å². The van der Waals surface area contributed by atoms with Crippen LogP contribution < -0.4 is 0 Å². The van der Waals surface area contributed by atoms with Crippen molar-refractivity contribution in [2.45, 2.75) is 26.2 Å². The average molecular weight is 247 g/mol. The Labute approximate surface area is 109 Å². The predicted octanol–water partition coefficient (Wildman–Crippen LogP) is 2.71. The lowest BCUT2D eigenvalue weighted by Gasteiger charge is -2.32. The fourth-order valence-electron chi connectivity index (χ4n) is 2.17. The third kappa shape index (κ3) is 3.69. The van der Waals surface area contributed by atoms with Gasteiger partial charge in [-0.1, -0.05) is 18.2 Å². The zero-order valence-electron chi connectivity index (χ0n) is 11.0. The molecule has 3 heteroatoms. The number of carbonyl (C=O) groups is 2. The number of Topliss-reactive ketones (excluding diaryl/α,β-unsaturated/α-hetero) is 1. The number of ketones is 1. The SMILES string of the molecule is C=CC[C@H]1C=CN(CCC(C)=O)C(=O)[C@@H]1CC=C. The van der Waals surface area contributed by atoms with Gasteiger partial charge in [0.25, 0.3) is 0 Å². The summed E-state index contributed by atoms with van der Waals surface area (Å²) < 4.78 is 0. The minimum atomic E-state index is -0.0718. The zero-order valence-corrected chi connectivity index (χ0v) is 11.0. The molecule has 0 saturated heterocycles. The van der Waals surface area contributed by atoms with E-state index in [0.29, 0.717) is 19.4 Å². The van der Waals surface area contributed by atoms with Gasteiger partial charge in [0.15, 0.2) is 0 Å². The lowest BCUT2D eigenvalue weighted by atomic mass is 9.83. The van der Waals surface area contributed by atoms with Crippen molar-refractivity contribution in [3.05, 3.63) is 37.6 Å². The molecule has 1 aliphatic heterocycles. The van der Waals surface area contributed by atoms with Crippen LogP contribution in [0.25, 0.3) is 0 Å². The summed E-state index contributed by atoms with van der Waals surface area (Å²) >= 11 is 0. The normalized spacial score (nSPS) is 22.9. The van der Waals surface area contributed by atoms with Crippen molar-refractivity contribution < 1.29 is 9.59 Å². The van der Waals surface area contributed by atoms with Crippen LogP contribution in [0.4, 0.5) is 0 Å². The van der Waals surface area contributed by atoms with E-state index in [1.54, 1.807) is 24.1 Å². The van der Waals surface area contributed by atoms with Crippen LogP contribution >= 0.6 is 0 Å². The molecule has 1 amide bonds. The summed E-state index contributed by atoms with van der Waals surface area (Å²) in [6.45, 7) is 9.44.